The number of benzene rings is 1. The van der Waals surface area contributed by atoms with Crippen LogP contribution in [0.15, 0.2) is 36.7 Å². The van der Waals surface area contributed by atoms with Crippen LogP contribution >= 0.6 is 27.5 Å². The summed E-state index contributed by atoms with van der Waals surface area (Å²) in [5, 5.41) is 1.12. The molecular weight excluding hydrogens is 321 g/mol. The van der Waals surface area contributed by atoms with Gasteiger partial charge in [0.15, 0.2) is 11.6 Å². The Hall–Kier alpha value is -1.13. The quantitative estimate of drug-likeness (QED) is 0.778. The van der Waals surface area contributed by atoms with Crippen LogP contribution in [-0.4, -0.2) is 4.98 Å². The Morgan fingerprint density at radius 2 is 2.17 bits per heavy atom. The van der Waals surface area contributed by atoms with E-state index in [1.807, 2.05) is 0 Å². The number of nitrogens with zero attached hydrogens (tertiary/aromatic N) is 1. The minimum atomic E-state index is -0.378. The Morgan fingerprint density at radius 1 is 1.33 bits per heavy atom. The molecular formula is C13H10BrClFNO. The van der Waals surface area contributed by atoms with Crippen LogP contribution in [0.25, 0.3) is 0 Å². The molecule has 0 saturated carbocycles. The molecule has 5 heteroatoms. The zero-order chi connectivity index (χ0) is 13.0. The molecule has 0 unspecified atom stereocenters. The third-order valence-electron chi connectivity index (χ3n) is 2.39. The highest BCUT2D eigenvalue weighted by Crippen LogP contribution is 2.22. The fraction of sp³-hybridized carbons (Fsp3) is 0.154. The molecule has 2 nitrogen and oxygen atoms in total. The number of pyridine rings is 1. The first kappa shape index (κ1) is 13.3. The molecule has 0 saturated heterocycles. The van der Waals surface area contributed by atoms with E-state index in [9.17, 15) is 4.39 Å². The maximum absolute atomic E-state index is 13.6. The summed E-state index contributed by atoms with van der Waals surface area (Å²) in [7, 11) is 0. The van der Waals surface area contributed by atoms with Gasteiger partial charge >= 0.3 is 0 Å². The van der Waals surface area contributed by atoms with Crippen molar-refractivity contribution in [3.8, 4) is 5.75 Å². The molecule has 0 bridgehead atoms. The third kappa shape index (κ3) is 3.21. The van der Waals surface area contributed by atoms with E-state index < -0.39 is 0 Å². The largest absolute Gasteiger partial charge is 0.486 e. The highest BCUT2D eigenvalue weighted by molar-refractivity contribution is 9.08. The molecule has 0 atom stereocenters. The maximum atomic E-state index is 13.6. The van der Waals surface area contributed by atoms with Gasteiger partial charge in [-0.2, -0.15) is 0 Å². The Morgan fingerprint density at radius 3 is 2.83 bits per heavy atom. The van der Waals surface area contributed by atoms with Crippen molar-refractivity contribution < 1.29 is 9.13 Å². The Balaban J connectivity index is 2.09. The second-order valence-electron chi connectivity index (χ2n) is 3.65. The predicted molar refractivity (Wildman–Crippen MR) is 72.6 cm³/mol. The monoisotopic (exact) mass is 329 g/mol. The molecule has 1 aromatic heterocycles. The van der Waals surface area contributed by atoms with E-state index in [1.165, 1.54) is 12.3 Å². The minimum Gasteiger partial charge on any atom is -0.486 e. The lowest BCUT2D eigenvalue weighted by molar-refractivity contribution is 0.290. The number of aromatic nitrogens is 1. The van der Waals surface area contributed by atoms with Crippen molar-refractivity contribution in [2.75, 3.05) is 0 Å². The van der Waals surface area contributed by atoms with Crippen LogP contribution in [0.4, 0.5) is 4.39 Å². The number of halogens is 3. The maximum Gasteiger partial charge on any atom is 0.165 e. The van der Waals surface area contributed by atoms with Gasteiger partial charge in [-0.25, -0.2) is 4.39 Å². The van der Waals surface area contributed by atoms with Crippen LogP contribution < -0.4 is 4.74 Å². The molecule has 0 radical (unpaired) electrons. The van der Waals surface area contributed by atoms with E-state index in [-0.39, 0.29) is 18.2 Å². The predicted octanol–water partition coefficient (Wildman–Crippen LogP) is 4.35. The first-order valence-corrected chi connectivity index (χ1v) is 6.76. The van der Waals surface area contributed by atoms with Crippen molar-refractivity contribution in [3.05, 3.63) is 58.6 Å². The molecule has 0 amide bonds. The first-order valence-electron chi connectivity index (χ1n) is 5.26. The highest BCUT2D eigenvalue weighted by atomic mass is 79.9. The molecule has 0 aliphatic carbocycles. The lowest BCUT2D eigenvalue weighted by Gasteiger charge is -2.09. The molecule has 18 heavy (non-hydrogen) atoms. The van der Waals surface area contributed by atoms with Crippen molar-refractivity contribution >= 4 is 27.5 Å². The van der Waals surface area contributed by atoms with E-state index in [0.29, 0.717) is 10.4 Å². The average Bonchev–Trinajstić information content (AvgIpc) is 2.39. The molecule has 0 fully saturated rings. The molecule has 0 N–H and O–H groups in total. The molecule has 94 valence electrons. The topological polar surface area (TPSA) is 22.1 Å². The lowest BCUT2D eigenvalue weighted by atomic mass is 10.2. The molecule has 0 aliphatic rings. The van der Waals surface area contributed by atoms with Gasteiger partial charge < -0.3 is 4.74 Å². The van der Waals surface area contributed by atoms with E-state index >= 15 is 0 Å². The summed E-state index contributed by atoms with van der Waals surface area (Å²) in [6.07, 6.45) is 3.15. The standard InChI is InChI=1S/C13H10BrClFNO/c14-6-9-1-2-13(12(16)5-9)18-8-10-3-4-17-7-11(10)15/h1-5,7H,6,8H2. The Kier molecular flexibility index (Phi) is 4.55. The van der Waals surface area contributed by atoms with Gasteiger partial charge in [0.25, 0.3) is 0 Å². The van der Waals surface area contributed by atoms with Gasteiger partial charge in [-0.05, 0) is 23.8 Å². The van der Waals surface area contributed by atoms with Gasteiger partial charge in [0.05, 0.1) is 5.02 Å². The molecule has 2 aromatic rings. The molecule has 2 rings (SSSR count). The van der Waals surface area contributed by atoms with E-state index in [2.05, 4.69) is 20.9 Å². The number of hydrogen-bond acceptors (Lipinski definition) is 2. The average molecular weight is 331 g/mol. The normalized spacial score (nSPS) is 10.4. The fourth-order valence-electron chi connectivity index (χ4n) is 1.42. The second-order valence-corrected chi connectivity index (χ2v) is 4.62. The minimum absolute atomic E-state index is 0.214. The summed E-state index contributed by atoms with van der Waals surface area (Å²) in [4.78, 5) is 3.87. The highest BCUT2D eigenvalue weighted by Gasteiger charge is 2.06. The first-order chi connectivity index (χ1) is 8.70. The van der Waals surface area contributed by atoms with Gasteiger partial charge in [-0.1, -0.05) is 33.6 Å². The number of rotatable bonds is 4. The zero-order valence-corrected chi connectivity index (χ0v) is 11.7. The second kappa shape index (κ2) is 6.16. The van der Waals surface area contributed by atoms with Crippen molar-refractivity contribution in [2.45, 2.75) is 11.9 Å². The van der Waals surface area contributed by atoms with Crippen LogP contribution in [0.1, 0.15) is 11.1 Å². The number of alkyl halides is 1. The lowest BCUT2D eigenvalue weighted by Crippen LogP contribution is -1.99. The van der Waals surface area contributed by atoms with Gasteiger partial charge in [-0.3, -0.25) is 4.98 Å². The summed E-state index contributed by atoms with van der Waals surface area (Å²) >= 11 is 9.21. The van der Waals surface area contributed by atoms with Crippen molar-refractivity contribution in [2.24, 2.45) is 0 Å². The van der Waals surface area contributed by atoms with Crippen LogP contribution in [0.3, 0.4) is 0 Å². The Labute approximate surface area is 118 Å². The van der Waals surface area contributed by atoms with Gasteiger partial charge in [0, 0.05) is 23.3 Å². The molecule has 1 aromatic carbocycles. The summed E-state index contributed by atoms with van der Waals surface area (Å²) in [6.45, 7) is 0.214. The van der Waals surface area contributed by atoms with Crippen LogP contribution in [-0.2, 0) is 11.9 Å². The third-order valence-corrected chi connectivity index (χ3v) is 3.38. The van der Waals surface area contributed by atoms with E-state index in [1.54, 1.807) is 24.4 Å². The van der Waals surface area contributed by atoms with Gasteiger partial charge in [0.1, 0.15) is 6.61 Å². The van der Waals surface area contributed by atoms with Crippen molar-refractivity contribution in [1.29, 1.82) is 0 Å². The van der Waals surface area contributed by atoms with Gasteiger partial charge in [0.2, 0.25) is 0 Å². The smallest absolute Gasteiger partial charge is 0.165 e. The van der Waals surface area contributed by atoms with Crippen molar-refractivity contribution in [3.63, 3.8) is 0 Å². The van der Waals surface area contributed by atoms with Crippen molar-refractivity contribution in [1.82, 2.24) is 4.98 Å². The molecule has 0 aliphatic heterocycles. The fourth-order valence-corrected chi connectivity index (χ4v) is 1.94. The SMILES string of the molecule is Fc1cc(CBr)ccc1OCc1ccncc1Cl. The van der Waals surface area contributed by atoms with E-state index in [4.69, 9.17) is 16.3 Å². The molecule has 0 spiro atoms. The molecule has 1 heterocycles. The van der Waals surface area contributed by atoms with Gasteiger partial charge in [-0.15, -0.1) is 0 Å². The van der Waals surface area contributed by atoms with Crippen LogP contribution in [0.5, 0.6) is 5.75 Å². The number of hydrogen-bond donors (Lipinski definition) is 0. The summed E-state index contributed by atoms with van der Waals surface area (Å²) in [6, 6.07) is 6.60. The summed E-state index contributed by atoms with van der Waals surface area (Å²) < 4.78 is 19.0. The van der Waals surface area contributed by atoms with E-state index in [0.717, 1.165) is 11.1 Å². The zero-order valence-electron chi connectivity index (χ0n) is 9.37. The summed E-state index contributed by atoms with van der Waals surface area (Å²) in [5.41, 5.74) is 1.64. The Bertz CT molecular complexity index is 550. The summed E-state index contributed by atoms with van der Waals surface area (Å²) in [5.74, 6) is -0.162. The van der Waals surface area contributed by atoms with Crippen LogP contribution in [0.2, 0.25) is 5.02 Å². The van der Waals surface area contributed by atoms with Crippen LogP contribution in [0, 0.1) is 5.82 Å². The number of ether oxygens (including phenoxy) is 1.